The van der Waals surface area contributed by atoms with Crippen LogP contribution in [0, 0.1) is 0 Å². The molecule has 0 rings (SSSR count). The van der Waals surface area contributed by atoms with Crippen LogP contribution >= 0.6 is 34.8 Å². The quantitative estimate of drug-likeness (QED) is 0.465. The fraction of sp³-hybridized carbons (Fsp3) is 1.00. The molecule has 0 saturated heterocycles. The molecule has 40 valence electrons. The van der Waals surface area contributed by atoms with Gasteiger partial charge >= 0.3 is 0 Å². The normalized spacial score (nSPS) is 7.00. The van der Waals surface area contributed by atoms with Crippen LogP contribution in [0.2, 0.25) is 0 Å². The standard InChI is InChI=1S/C2H6.CHCl3/c1-2;2-1(3)4/h1-2H3;1H. The molecule has 0 aliphatic rings. The Bertz CT molecular complexity index is 10.8. The maximum atomic E-state index is 4.81. The number of hydrogen-bond acceptors (Lipinski definition) is 0. The van der Waals surface area contributed by atoms with Crippen LogP contribution in [-0.4, -0.2) is 4.30 Å². The first-order chi connectivity index (χ1) is 2.73. The molecule has 0 nitrogen and oxygen atoms in total. The Morgan fingerprint density at radius 1 is 1.00 bits per heavy atom. The minimum Gasteiger partial charge on any atom is -0.0874 e. The van der Waals surface area contributed by atoms with Gasteiger partial charge in [-0.25, -0.2) is 0 Å². The fourth-order valence-electron chi connectivity index (χ4n) is 0. The van der Waals surface area contributed by atoms with Crippen molar-refractivity contribution in [3.05, 3.63) is 0 Å². The van der Waals surface area contributed by atoms with E-state index in [0.29, 0.717) is 0 Å². The zero-order chi connectivity index (χ0) is 5.58. The van der Waals surface area contributed by atoms with E-state index >= 15 is 0 Å². The Kier molecular flexibility index (Phi) is 15.5. The Labute approximate surface area is 53.4 Å². The van der Waals surface area contributed by atoms with Crippen molar-refractivity contribution in [3.8, 4) is 0 Å². The van der Waals surface area contributed by atoms with Gasteiger partial charge in [0.2, 0.25) is 0 Å². The molecule has 0 saturated carbocycles. The highest BCUT2D eigenvalue weighted by atomic mass is 35.6. The number of hydrogen-bond donors (Lipinski definition) is 0. The summed E-state index contributed by atoms with van der Waals surface area (Å²) in [6, 6.07) is 0. The van der Waals surface area contributed by atoms with E-state index in [2.05, 4.69) is 0 Å². The third-order valence-electron chi connectivity index (χ3n) is 0. The van der Waals surface area contributed by atoms with Crippen molar-refractivity contribution in [2.75, 3.05) is 0 Å². The highest BCUT2D eigenvalue weighted by molar-refractivity contribution is 6.63. The van der Waals surface area contributed by atoms with Gasteiger partial charge in [0.25, 0.3) is 0 Å². The van der Waals surface area contributed by atoms with Crippen molar-refractivity contribution in [2.45, 2.75) is 18.1 Å². The van der Waals surface area contributed by atoms with Gasteiger partial charge in [-0.2, -0.15) is 0 Å². The molecule has 0 bridgehead atoms. The van der Waals surface area contributed by atoms with Crippen LogP contribution in [0.3, 0.4) is 0 Å². The molecule has 0 radical (unpaired) electrons. The van der Waals surface area contributed by atoms with E-state index in [0.717, 1.165) is 0 Å². The van der Waals surface area contributed by atoms with E-state index in [-0.39, 0.29) is 0 Å². The van der Waals surface area contributed by atoms with Crippen LogP contribution in [0.15, 0.2) is 0 Å². The minimum atomic E-state index is -0.750. The summed E-state index contributed by atoms with van der Waals surface area (Å²) in [6.45, 7) is 4.00. The topological polar surface area (TPSA) is 0 Å². The van der Waals surface area contributed by atoms with Gasteiger partial charge in [0.15, 0.2) is 4.30 Å². The monoisotopic (exact) mass is 148 g/mol. The molecule has 0 spiro atoms. The maximum absolute atomic E-state index is 4.81. The lowest BCUT2D eigenvalue weighted by atomic mass is 11.0. The second kappa shape index (κ2) is 9.30. The summed E-state index contributed by atoms with van der Waals surface area (Å²) in [4.78, 5) is 0. The van der Waals surface area contributed by atoms with Crippen molar-refractivity contribution < 1.29 is 0 Å². The van der Waals surface area contributed by atoms with Gasteiger partial charge < -0.3 is 0 Å². The molecule has 0 unspecified atom stereocenters. The first-order valence-corrected chi connectivity index (χ1v) is 2.96. The largest absolute Gasteiger partial charge is 0.180 e. The van der Waals surface area contributed by atoms with E-state index < -0.39 is 4.30 Å². The van der Waals surface area contributed by atoms with E-state index in [1.165, 1.54) is 0 Å². The van der Waals surface area contributed by atoms with Gasteiger partial charge in [-0.1, -0.05) is 48.7 Å². The summed E-state index contributed by atoms with van der Waals surface area (Å²) in [7, 11) is 0. The van der Waals surface area contributed by atoms with Gasteiger partial charge in [-0.05, 0) is 0 Å². The molecule has 0 aromatic carbocycles. The molecule has 0 heterocycles. The van der Waals surface area contributed by atoms with Gasteiger partial charge in [0.1, 0.15) is 0 Å². The third kappa shape index (κ3) is 96.4. The molecule has 0 aromatic rings. The average Bonchev–Trinajstić information content (AvgIpc) is 1.41. The van der Waals surface area contributed by atoms with Crippen LogP contribution in [0.1, 0.15) is 13.8 Å². The van der Waals surface area contributed by atoms with E-state index in [1.54, 1.807) is 0 Å². The Balaban J connectivity index is 0. The lowest BCUT2D eigenvalue weighted by Crippen LogP contribution is -1.55. The van der Waals surface area contributed by atoms with E-state index in [4.69, 9.17) is 34.8 Å². The second-order valence-corrected chi connectivity index (χ2v) is 2.23. The smallest absolute Gasteiger partial charge is 0.0874 e. The highest BCUT2D eigenvalue weighted by Crippen LogP contribution is 2.03. The van der Waals surface area contributed by atoms with Crippen LogP contribution in [0.4, 0.5) is 0 Å². The minimum absolute atomic E-state index is 0.750. The van der Waals surface area contributed by atoms with Crippen LogP contribution < -0.4 is 0 Å². The van der Waals surface area contributed by atoms with Gasteiger partial charge in [0.05, 0.1) is 0 Å². The molecule has 6 heavy (non-hydrogen) atoms. The average molecular weight is 149 g/mol. The summed E-state index contributed by atoms with van der Waals surface area (Å²) < 4.78 is -0.750. The number of halogens is 3. The van der Waals surface area contributed by atoms with Crippen molar-refractivity contribution in [3.63, 3.8) is 0 Å². The molecule has 0 aliphatic carbocycles. The predicted molar refractivity (Wildman–Crippen MR) is 32.7 cm³/mol. The number of rotatable bonds is 0. The summed E-state index contributed by atoms with van der Waals surface area (Å²) in [5, 5.41) is 0. The summed E-state index contributed by atoms with van der Waals surface area (Å²) in [6.07, 6.45) is 0. The van der Waals surface area contributed by atoms with Crippen LogP contribution in [0.5, 0.6) is 0 Å². The molecule has 0 aliphatic heterocycles. The Hall–Kier alpha value is 0.870. The molecular weight excluding hydrogens is 142 g/mol. The number of alkyl halides is 3. The highest BCUT2D eigenvalue weighted by Gasteiger charge is 1.78. The molecule has 0 aromatic heterocycles. The first kappa shape index (κ1) is 9.98. The molecule has 0 amide bonds. The summed E-state index contributed by atoms with van der Waals surface area (Å²) in [5.74, 6) is 0. The molecule has 3 heteroatoms. The van der Waals surface area contributed by atoms with Crippen molar-refractivity contribution in [2.24, 2.45) is 0 Å². The molecule has 0 fully saturated rings. The zero-order valence-corrected chi connectivity index (χ0v) is 5.98. The Morgan fingerprint density at radius 3 is 1.00 bits per heavy atom. The van der Waals surface area contributed by atoms with Crippen molar-refractivity contribution in [1.29, 1.82) is 0 Å². The van der Waals surface area contributed by atoms with Gasteiger partial charge in [-0.15, -0.1) is 0 Å². The molecule has 0 N–H and O–H groups in total. The summed E-state index contributed by atoms with van der Waals surface area (Å²) in [5.41, 5.74) is 0. The van der Waals surface area contributed by atoms with Gasteiger partial charge in [0, 0.05) is 0 Å². The van der Waals surface area contributed by atoms with Crippen LogP contribution in [0.25, 0.3) is 0 Å². The predicted octanol–water partition coefficient (Wildman–Crippen LogP) is 3.01. The maximum Gasteiger partial charge on any atom is 0.180 e. The second-order valence-electron chi connectivity index (χ2n) is 0.247. The van der Waals surface area contributed by atoms with E-state index in [1.807, 2.05) is 13.8 Å². The summed E-state index contributed by atoms with van der Waals surface area (Å²) >= 11 is 14.4. The lowest BCUT2D eigenvalue weighted by molar-refractivity contribution is 1.50. The zero-order valence-electron chi connectivity index (χ0n) is 3.71. The lowest BCUT2D eigenvalue weighted by Gasteiger charge is -1.69. The third-order valence-corrected chi connectivity index (χ3v) is 0. The molecular formula is C3H7Cl3. The van der Waals surface area contributed by atoms with Crippen molar-refractivity contribution >= 4 is 34.8 Å². The molecule has 0 atom stereocenters. The first-order valence-electron chi connectivity index (χ1n) is 1.65. The van der Waals surface area contributed by atoms with E-state index in [9.17, 15) is 0 Å². The van der Waals surface area contributed by atoms with Crippen LogP contribution in [-0.2, 0) is 0 Å². The van der Waals surface area contributed by atoms with Gasteiger partial charge in [-0.3, -0.25) is 0 Å². The fourth-order valence-corrected chi connectivity index (χ4v) is 0. The van der Waals surface area contributed by atoms with Crippen molar-refractivity contribution in [1.82, 2.24) is 0 Å². The Morgan fingerprint density at radius 2 is 1.00 bits per heavy atom. The SMILES string of the molecule is CC.ClC(Cl)Cl.